The van der Waals surface area contributed by atoms with Gasteiger partial charge in [-0.25, -0.2) is 0 Å². The molecule has 0 saturated heterocycles. The Bertz CT molecular complexity index is 135. The molecule has 0 aromatic carbocycles. The van der Waals surface area contributed by atoms with Crippen molar-refractivity contribution >= 4 is 0 Å². The summed E-state index contributed by atoms with van der Waals surface area (Å²) in [6, 6.07) is 0. The predicted octanol–water partition coefficient (Wildman–Crippen LogP) is 4.05. The normalized spacial score (nSPS) is 11.2. The molecule has 0 bridgehead atoms. The van der Waals surface area contributed by atoms with Gasteiger partial charge in [0.2, 0.25) is 0 Å². The van der Waals surface area contributed by atoms with Crippen molar-refractivity contribution in [3.63, 3.8) is 0 Å². The second-order valence-electron chi connectivity index (χ2n) is 5.50. The SMILES string of the molecule is CCCCCCCCC[N+](C)(C)CCC.[OH-]. The molecular formula is C14H33NO. The first-order valence-corrected chi connectivity index (χ1v) is 6.94. The van der Waals surface area contributed by atoms with Gasteiger partial charge in [0.05, 0.1) is 27.2 Å². The number of quaternary nitrogens is 1. The molecule has 0 fully saturated rings. The Morgan fingerprint density at radius 3 is 1.62 bits per heavy atom. The summed E-state index contributed by atoms with van der Waals surface area (Å²) in [6.07, 6.45) is 11.3. The van der Waals surface area contributed by atoms with Gasteiger partial charge < -0.3 is 9.96 Å². The van der Waals surface area contributed by atoms with E-state index in [1.807, 2.05) is 0 Å². The van der Waals surface area contributed by atoms with Gasteiger partial charge in [-0.2, -0.15) is 0 Å². The molecule has 0 aliphatic heterocycles. The molecule has 0 aromatic heterocycles. The Hall–Kier alpha value is -0.0800. The van der Waals surface area contributed by atoms with Crippen molar-refractivity contribution in [2.24, 2.45) is 0 Å². The third-order valence-corrected chi connectivity index (χ3v) is 3.20. The molecule has 16 heavy (non-hydrogen) atoms. The standard InChI is InChI=1S/C14H32N.H2O/c1-5-7-8-9-10-11-12-14-15(3,4)13-6-2;/h5-14H2,1-4H3;1H2/q+1;/p-1. The van der Waals surface area contributed by atoms with Crippen LogP contribution in [0.2, 0.25) is 0 Å². The van der Waals surface area contributed by atoms with Gasteiger partial charge in [0.1, 0.15) is 0 Å². The quantitative estimate of drug-likeness (QED) is 0.412. The first-order chi connectivity index (χ1) is 7.12. The molecule has 100 valence electrons. The van der Waals surface area contributed by atoms with E-state index in [1.54, 1.807) is 0 Å². The molecule has 0 spiro atoms. The zero-order valence-corrected chi connectivity index (χ0v) is 12.0. The van der Waals surface area contributed by atoms with E-state index in [1.165, 1.54) is 68.9 Å². The minimum absolute atomic E-state index is 0. The lowest BCUT2D eigenvalue weighted by Gasteiger charge is -2.29. The van der Waals surface area contributed by atoms with Crippen molar-refractivity contribution in [1.29, 1.82) is 0 Å². The number of hydrogen-bond donors (Lipinski definition) is 0. The Morgan fingerprint density at radius 2 is 1.12 bits per heavy atom. The zero-order valence-electron chi connectivity index (χ0n) is 12.0. The summed E-state index contributed by atoms with van der Waals surface area (Å²) in [5.74, 6) is 0. The van der Waals surface area contributed by atoms with E-state index in [9.17, 15) is 0 Å². The molecule has 0 amide bonds. The van der Waals surface area contributed by atoms with Crippen molar-refractivity contribution in [1.82, 2.24) is 0 Å². The van der Waals surface area contributed by atoms with Gasteiger partial charge in [0.25, 0.3) is 0 Å². The van der Waals surface area contributed by atoms with Crippen LogP contribution < -0.4 is 0 Å². The Balaban J connectivity index is 0. The highest BCUT2D eigenvalue weighted by Gasteiger charge is 2.11. The minimum Gasteiger partial charge on any atom is -0.870 e. The first kappa shape index (κ1) is 18.3. The highest BCUT2D eigenvalue weighted by Crippen LogP contribution is 2.09. The maximum Gasteiger partial charge on any atom is 0.0782 e. The molecule has 0 rings (SSSR count). The molecule has 0 radical (unpaired) electrons. The summed E-state index contributed by atoms with van der Waals surface area (Å²) in [6.45, 7) is 7.26. The third kappa shape index (κ3) is 12.0. The fourth-order valence-corrected chi connectivity index (χ4v) is 2.21. The lowest BCUT2D eigenvalue weighted by atomic mass is 10.1. The summed E-state index contributed by atoms with van der Waals surface area (Å²) in [7, 11) is 4.72. The van der Waals surface area contributed by atoms with Crippen molar-refractivity contribution in [2.45, 2.75) is 65.2 Å². The van der Waals surface area contributed by atoms with Crippen LogP contribution in [0.3, 0.4) is 0 Å². The van der Waals surface area contributed by atoms with Crippen molar-refractivity contribution < 1.29 is 9.96 Å². The van der Waals surface area contributed by atoms with Crippen LogP contribution in [0.1, 0.15) is 65.2 Å². The fraction of sp³-hybridized carbons (Fsp3) is 1.00. The topological polar surface area (TPSA) is 30.0 Å². The van der Waals surface area contributed by atoms with E-state index < -0.39 is 0 Å². The molecule has 0 aliphatic carbocycles. The molecule has 2 heteroatoms. The monoisotopic (exact) mass is 231 g/mol. The van der Waals surface area contributed by atoms with Crippen LogP contribution in [0, 0.1) is 0 Å². The number of nitrogens with zero attached hydrogens (tertiary/aromatic N) is 1. The van der Waals surface area contributed by atoms with E-state index in [0.29, 0.717) is 0 Å². The second kappa shape index (κ2) is 11.4. The van der Waals surface area contributed by atoms with Gasteiger partial charge in [-0.15, -0.1) is 0 Å². The maximum absolute atomic E-state index is 2.36. The van der Waals surface area contributed by atoms with E-state index >= 15 is 0 Å². The zero-order chi connectivity index (χ0) is 11.6. The molecule has 0 aromatic rings. The highest BCUT2D eigenvalue weighted by atomic mass is 16.0. The van der Waals surface area contributed by atoms with E-state index in [-0.39, 0.29) is 5.48 Å². The van der Waals surface area contributed by atoms with Gasteiger partial charge in [0, 0.05) is 0 Å². The van der Waals surface area contributed by atoms with Crippen LogP contribution in [-0.2, 0) is 0 Å². The van der Waals surface area contributed by atoms with Crippen LogP contribution in [0.25, 0.3) is 0 Å². The summed E-state index contributed by atoms with van der Waals surface area (Å²) in [5.41, 5.74) is 0. The minimum atomic E-state index is 0. The fourth-order valence-electron chi connectivity index (χ4n) is 2.21. The number of hydrogen-bond acceptors (Lipinski definition) is 1. The molecule has 0 atom stereocenters. The molecule has 0 aliphatic rings. The van der Waals surface area contributed by atoms with Gasteiger partial charge in [0.15, 0.2) is 0 Å². The molecule has 0 heterocycles. The average Bonchev–Trinajstić information content (AvgIpc) is 2.16. The molecular weight excluding hydrogens is 198 g/mol. The van der Waals surface area contributed by atoms with Crippen LogP contribution >= 0.6 is 0 Å². The van der Waals surface area contributed by atoms with Crippen LogP contribution in [0.4, 0.5) is 0 Å². The Labute approximate surface area is 103 Å². The highest BCUT2D eigenvalue weighted by molar-refractivity contribution is 4.45. The Morgan fingerprint density at radius 1 is 0.625 bits per heavy atom. The number of rotatable bonds is 10. The largest absolute Gasteiger partial charge is 0.870 e. The molecule has 0 unspecified atom stereocenters. The van der Waals surface area contributed by atoms with Crippen LogP contribution in [-0.4, -0.2) is 37.1 Å². The van der Waals surface area contributed by atoms with Gasteiger partial charge in [-0.05, 0) is 19.3 Å². The third-order valence-electron chi connectivity index (χ3n) is 3.20. The van der Waals surface area contributed by atoms with Crippen molar-refractivity contribution in [3.05, 3.63) is 0 Å². The maximum atomic E-state index is 2.36. The van der Waals surface area contributed by atoms with Crippen molar-refractivity contribution in [3.8, 4) is 0 Å². The molecule has 1 N–H and O–H groups in total. The molecule has 2 nitrogen and oxygen atoms in total. The first-order valence-electron chi connectivity index (χ1n) is 6.94. The summed E-state index contributed by atoms with van der Waals surface area (Å²) in [5, 5.41) is 0. The van der Waals surface area contributed by atoms with Gasteiger partial charge in [-0.3, -0.25) is 0 Å². The van der Waals surface area contributed by atoms with Crippen LogP contribution in [0.15, 0.2) is 0 Å². The predicted molar refractivity (Wildman–Crippen MR) is 72.1 cm³/mol. The van der Waals surface area contributed by atoms with E-state index in [4.69, 9.17) is 0 Å². The summed E-state index contributed by atoms with van der Waals surface area (Å²) in [4.78, 5) is 0. The van der Waals surface area contributed by atoms with Crippen molar-refractivity contribution in [2.75, 3.05) is 27.2 Å². The number of unbranched alkanes of at least 4 members (excludes halogenated alkanes) is 6. The van der Waals surface area contributed by atoms with Gasteiger partial charge in [-0.1, -0.05) is 46.0 Å². The average molecular weight is 231 g/mol. The molecule has 0 saturated carbocycles. The lowest BCUT2D eigenvalue weighted by Crippen LogP contribution is -2.40. The second-order valence-corrected chi connectivity index (χ2v) is 5.50. The van der Waals surface area contributed by atoms with E-state index in [2.05, 4.69) is 27.9 Å². The summed E-state index contributed by atoms with van der Waals surface area (Å²) >= 11 is 0. The smallest absolute Gasteiger partial charge is 0.0782 e. The van der Waals surface area contributed by atoms with Gasteiger partial charge >= 0.3 is 0 Å². The van der Waals surface area contributed by atoms with Crippen LogP contribution in [0.5, 0.6) is 0 Å². The Kier molecular flexibility index (Phi) is 13.0. The summed E-state index contributed by atoms with van der Waals surface area (Å²) < 4.78 is 1.21. The van der Waals surface area contributed by atoms with E-state index in [0.717, 1.165) is 0 Å². The lowest BCUT2D eigenvalue weighted by molar-refractivity contribution is -0.890.